The largest absolute Gasteiger partial charge is 0.384 e. The molecule has 3 heteroatoms. The molecule has 0 aliphatic heterocycles. The first kappa shape index (κ1) is 13.8. The number of rotatable bonds is 3. The molecule has 1 unspecified atom stereocenters. The molecule has 0 spiro atoms. The van der Waals surface area contributed by atoms with E-state index in [0.717, 1.165) is 21.1 Å². The second-order valence-corrected chi connectivity index (χ2v) is 5.74. The molecule has 0 amide bonds. The van der Waals surface area contributed by atoms with Gasteiger partial charge in [-0.15, -0.1) is 0 Å². The smallest absolute Gasteiger partial charge is 0.104 e. The maximum atomic E-state index is 10.3. The highest BCUT2D eigenvalue weighted by Crippen LogP contribution is 2.27. The van der Waals surface area contributed by atoms with Crippen molar-refractivity contribution in [2.75, 3.05) is 0 Å². The van der Waals surface area contributed by atoms with Crippen LogP contribution in [0.4, 0.5) is 0 Å². The summed E-state index contributed by atoms with van der Waals surface area (Å²) in [7, 11) is 0. The second-order valence-electron chi connectivity index (χ2n) is 4.17. The van der Waals surface area contributed by atoms with Gasteiger partial charge < -0.3 is 5.11 Å². The average Bonchev–Trinajstić information content (AvgIpc) is 2.41. The lowest BCUT2D eigenvalue weighted by Gasteiger charge is -2.12. The molecular formula is C15H14ClIO. The minimum atomic E-state index is -0.620. The molecule has 0 aromatic heterocycles. The Bertz CT molecular complexity index is 537. The monoisotopic (exact) mass is 372 g/mol. The van der Waals surface area contributed by atoms with Gasteiger partial charge >= 0.3 is 0 Å². The van der Waals surface area contributed by atoms with Gasteiger partial charge in [-0.05, 0) is 57.8 Å². The Morgan fingerprint density at radius 3 is 2.28 bits per heavy atom. The van der Waals surface area contributed by atoms with E-state index in [1.807, 2.05) is 42.5 Å². The summed E-state index contributed by atoms with van der Waals surface area (Å²) in [5, 5.41) is 11.0. The van der Waals surface area contributed by atoms with E-state index in [-0.39, 0.29) is 0 Å². The number of aliphatic hydroxyl groups is 1. The van der Waals surface area contributed by atoms with Crippen molar-refractivity contribution in [1.82, 2.24) is 0 Å². The number of hydrogen-bond acceptors (Lipinski definition) is 1. The topological polar surface area (TPSA) is 20.2 Å². The summed E-state index contributed by atoms with van der Waals surface area (Å²) in [4.78, 5) is 0. The molecule has 0 aliphatic carbocycles. The van der Waals surface area contributed by atoms with Gasteiger partial charge in [0.15, 0.2) is 0 Å². The Labute approximate surface area is 126 Å². The number of benzene rings is 2. The van der Waals surface area contributed by atoms with Crippen LogP contribution in [0.3, 0.4) is 0 Å². The van der Waals surface area contributed by atoms with E-state index in [4.69, 9.17) is 11.6 Å². The zero-order valence-corrected chi connectivity index (χ0v) is 12.9. The molecule has 1 nitrogen and oxygen atoms in total. The van der Waals surface area contributed by atoms with Crippen LogP contribution in [0, 0.1) is 3.57 Å². The van der Waals surface area contributed by atoms with Crippen LogP contribution in [0.5, 0.6) is 0 Å². The van der Waals surface area contributed by atoms with Crippen LogP contribution in [0.25, 0.3) is 0 Å². The molecule has 2 aromatic rings. The normalized spacial score (nSPS) is 12.4. The molecule has 2 rings (SSSR count). The maximum Gasteiger partial charge on any atom is 0.104 e. The molecule has 0 heterocycles. The Morgan fingerprint density at radius 1 is 1.11 bits per heavy atom. The van der Waals surface area contributed by atoms with Crippen molar-refractivity contribution in [3.05, 3.63) is 67.7 Å². The highest BCUT2D eigenvalue weighted by atomic mass is 127. The predicted molar refractivity (Wildman–Crippen MR) is 84.1 cm³/mol. The Morgan fingerprint density at radius 2 is 1.72 bits per heavy atom. The summed E-state index contributed by atoms with van der Waals surface area (Å²) in [6.07, 6.45) is 0.386. The highest BCUT2D eigenvalue weighted by Gasteiger charge is 2.11. The standard InChI is InChI=1S/C15H14ClIO/c1-2-10-3-5-11(6-4-10)15(18)12-7-8-14(17)13(16)9-12/h3-9,15,18H,2H2,1H3. The van der Waals surface area contributed by atoms with Gasteiger partial charge in [0.25, 0.3) is 0 Å². The SMILES string of the molecule is CCc1ccc(C(O)c2ccc(I)c(Cl)c2)cc1. The molecule has 1 N–H and O–H groups in total. The van der Waals surface area contributed by atoms with Crippen LogP contribution >= 0.6 is 34.2 Å². The first-order valence-electron chi connectivity index (χ1n) is 5.83. The predicted octanol–water partition coefficient (Wildman–Crippen LogP) is 4.59. The number of hydrogen-bond donors (Lipinski definition) is 1. The fourth-order valence-corrected chi connectivity index (χ4v) is 2.34. The lowest BCUT2D eigenvalue weighted by Crippen LogP contribution is -2.00. The fourth-order valence-electron chi connectivity index (χ4n) is 1.81. The van der Waals surface area contributed by atoms with E-state index in [1.54, 1.807) is 0 Å². The summed E-state index contributed by atoms with van der Waals surface area (Å²) in [5.41, 5.74) is 2.99. The van der Waals surface area contributed by atoms with Crippen molar-refractivity contribution in [1.29, 1.82) is 0 Å². The second kappa shape index (κ2) is 6.04. The lowest BCUT2D eigenvalue weighted by molar-refractivity contribution is 0.220. The average molecular weight is 373 g/mol. The molecule has 94 valence electrons. The van der Waals surface area contributed by atoms with Crippen LogP contribution in [-0.4, -0.2) is 5.11 Å². The molecule has 0 saturated carbocycles. The van der Waals surface area contributed by atoms with Crippen LogP contribution in [0.2, 0.25) is 5.02 Å². The summed E-state index contributed by atoms with van der Waals surface area (Å²) >= 11 is 8.25. The molecule has 0 saturated heterocycles. The third kappa shape index (κ3) is 3.05. The first-order chi connectivity index (χ1) is 8.61. The van der Waals surface area contributed by atoms with E-state index in [2.05, 4.69) is 29.5 Å². The zero-order valence-electron chi connectivity index (χ0n) is 10.0. The molecule has 0 bridgehead atoms. The highest BCUT2D eigenvalue weighted by molar-refractivity contribution is 14.1. The van der Waals surface area contributed by atoms with Crippen LogP contribution in [-0.2, 0) is 6.42 Å². The van der Waals surface area contributed by atoms with Gasteiger partial charge in [0.05, 0.1) is 5.02 Å². The first-order valence-corrected chi connectivity index (χ1v) is 7.29. The van der Waals surface area contributed by atoms with E-state index >= 15 is 0 Å². The van der Waals surface area contributed by atoms with Gasteiger partial charge in [0.1, 0.15) is 6.10 Å². The van der Waals surface area contributed by atoms with E-state index in [1.165, 1.54) is 5.56 Å². The summed E-state index contributed by atoms with van der Waals surface area (Å²) in [6.45, 7) is 2.12. The van der Waals surface area contributed by atoms with Gasteiger partial charge in [-0.25, -0.2) is 0 Å². The van der Waals surface area contributed by atoms with E-state index in [0.29, 0.717) is 5.02 Å². The molecule has 18 heavy (non-hydrogen) atoms. The third-order valence-corrected chi connectivity index (χ3v) is 4.54. The summed E-state index contributed by atoms with van der Waals surface area (Å²) in [6, 6.07) is 13.7. The molecular weight excluding hydrogens is 359 g/mol. The van der Waals surface area contributed by atoms with Crippen LogP contribution < -0.4 is 0 Å². The summed E-state index contributed by atoms with van der Waals surface area (Å²) < 4.78 is 0.992. The molecule has 2 aromatic carbocycles. The third-order valence-electron chi connectivity index (χ3n) is 2.96. The van der Waals surface area contributed by atoms with Gasteiger partial charge in [-0.2, -0.15) is 0 Å². The Kier molecular flexibility index (Phi) is 4.65. The molecule has 0 fully saturated rings. The minimum Gasteiger partial charge on any atom is -0.384 e. The molecule has 0 aliphatic rings. The van der Waals surface area contributed by atoms with Gasteiger partial charge in [-0.1, -0.05) is 48.9 Å². The van der Waals surface area contributed by atoms with Crippen molar-refractivity contribution >= 4 is 34.2 Å². The van der Waals surface area contributed by atoms with Gasteiger partial charge in [-0.3, -0.25) is 0 Å². The van der Waals surface area contributed by atoms with E-state index in [9.17, 15) is 5.11 Å². The number of aryl methyl sites for hydroxylation is 1. The van der Waals surface area contributed by atoms with Crippen molar-refractivity contribution in [2.45, 2.75) is 19.4 Å². The Balaban J connectivity index is 2.28. The number of aliphatic hydroxyl groups excluding tert-OH is 1. The number of halogens is 2. The van der Waals surface area contributed by atoms with Gasteiger partial charge in [0.2, 0.25) is 0 Å². The summed E-state index contributed by atoms with van der Waals surface area (Å²) in [5.74, 6) is 0. The van der Waals surface area contributed by atoms with Crippen molar-refractivity contribution < 1.29 is 5.11 Å². The fraction of sp³-hybridized carbons (Fsp3) is 0.200. The quantitative estimate of drug-likeness (QED) is 0.781. The Hall–Kier alpha value is -0.580. The van der Waals surface area contributed by atoms with E-state index < -0.39 is 6.10 Å². The van der Waals surface area contributed by atoms with Crippen LogP contribution in [0.15, 0.2) is 42.5 Å². The minimum absolute atomic E-state index is 0.620. The molecule has 1 atom stereocenters. The van der Waals surface area contributed by atoms with Crippen LogP contribution in [0.1, 0.15) is 29.7 Å². The van der Waals surface area contributed by atoms with Gasteiger partial charge in [0, 0.05) is 3.57 Å². The molecule has 0 radical (unpaired) electrons. The van der Waals surface area contributed by atoms with Crippen molar-refractivity contribution in [3.63, 3.8) is 0 Å². The lowest BCUT2D eigenvalue weighted by atomic mass is 10.00. The zero-order chi connectivity index (χ0) is 13.1. The van der Waals surface area contributed by atoms with Crippen molar-refractivity contribution in [2.24, 2.45) is 0 Å². The maximum absolute atomic E-state index is 10.3. The van der Waals surface area contributed by atoms with Crippen molar-refractivity contribution in [3.8, 4) is 0 Å².